The Labute approximate surface area is 114 Å². The average Bonchev–Trinajstić information content (AvgIpc) is 2.67. The Morgan fingerprint density at radius 2 is 2.21 bits per heavy atom. The van der Waals surface area contributed by atoms with Crippen LogP contribution in [0.3, 0.4) is 0 Å². The second kappa shape index (κ2) is 5.83. The van der Waals surface area contributed by atoms with Crippen molar-refractivity contribution < 1.29 is 4.39 Å². The quantitative estimate of drug-likeness (QED) is 0.849. The molecule has 1 aromatic carbocycles. The number of aryl methyl sites for hydroxylation is 1. The van der Waals surface area contributed by atoms with E-state index in [1.165, 1.54) is 12.1 Å². The molecule has 0 aliphatic rings. The minimum absolute atomic E-state index is 0.0450. The maximum Gasteiger partial charge on any atom is 0.307 e. The molecule has 1 aromatic heterocycles. The van der Waals surface area contributed by atoms with Crippen LogP contribution < -0.4 is 10.6 Å². The van der Waals surface area contributed by atoms with E-state index in [1.54, 1.807) is 16.0 Å². The van der Waals surface area contributed by atoms with Crippen LogP contribution in [0.25, 0.3) is 0 Å². The fourth-order valence-electron chi connectivity index (χ4n) is 1.75. The molecule has 2 aromatic rings. The third-order valence-corrected chi connectivity index (χ3v) is 3.49. The molecule has 2 rings (SSSR count). The molecule has 0 atom stereocenters. The van der Waals surface area contributed by atoms with E-state index in [0.717, 1.165) is 17.0 Å². The number of halogens is 1. The maximum atomic E-state index is 13.5. The van der Waals surface area contributed by atoms with E-state index in [2.05, 4.69) is 11.8 Å². The van der Waals surface area contributed by atoms with Crippen molar-refractivity contribution in [1.82, 2.24) is 4.57 Å². The Hall–Kier alpha value is -1.90. The highest BCUT2D eigenvalue weighted by Gasteiger charge is 2.05. The van der Waals surface area contributed by atoms with Crippen molar-refractivity contribution in [1.29, 1.82) is 0 Å². The van der Waals surface area contributed by atoms with Gasteiger partial charge >= 0.3 is 4.87 Å². The van der Waals surface area contributed by atoms with E-state index >= 15 is 0 Å². The van der Waals surface area contributed by atoms with Crippen molar-refractivity contribution in [2.45, 2.75) is 13.5 Å². The highest BCUT2D eigenvalue weighted by Crippen LogP contribution is 2.11. The second-order valence-electron chi connectivity index (χ2n) is 4.08. The fourth-order valence-corrected chi connectivity index (χ4v) is 2.48. The van der Waals surface area contributed by atoms with Crippen LogP contribution in [-0.4, -0.2) is 11.1 Å². The maximum absolute atomic E-state index is 13.5. The van der Waals surface area contributed by atoms with Crippen LogP contribution in [0.4, 0.5) is 4.39 Å². The summed E-state index contributed by atoms with van der Waals surface area (Å²) in [6.45, 7) is 2.44. The predicted octanol–water partition coefficient (Wildman–Crippen LogP) is 1.72. The van der Waals surface area contributed by atoms with Gasteiger partial charge in [0.1, 0.15) is 5.82 Å². The number of nitrogens with two attached hydrogens (primary N) is 1. The van der Waals surface area contributed by atoms with E-state index in [4.69, 9.17) is 5.73 Å². The van der Waals surface area contributed by atoms with Gasteiger partial charge in [0.05, 0.1) is 13.1 Å². The molecule has 0 spiro atoms. The largest absolute Gasteiger partial charge is 0.320 e. The Bertz CT molecular complexity index is 706. The molecule has 5 heteroatoms. The number of thiazole rings is 1. The summed E-state index contributed by atoms with van der Waals surface area (Å²) >= 11 is 1.14. The normalized spacial score (nSPS) is 10.1. The molecule has 0 bridgehead atoms. The van der Waals surface area contributed by atoms with Crippen LogP contribution in [-0.2, 0) is 6.54 Å². The van der Waals surface area contributed by atoms with Gasteiger partial charge in [-0.2, -0.15) is 0 Å². The van der Waals surface area contributed by atoms with Crippen LogP contribution in [0.5, 0.6) is 0 Å². The molecule has 0 saturated heterocycles. The molecule has 98 valence electrons. The summed E-state index contributed by atoms with van der Waals surface area (Å²) in [5.74, 6) is 5.12. The molecule has 0 aliphatic heterocycles. The first kappa shape index (κ1) is 13.5. The smallest absolute Gasteiger partial charge is 0.307 e. The molecule has 19 heavy (non-hydrogen) atoms. The van der Waals surface area contributed by atoms with E-state index in [1.807, 2.05) is 6.92 Å². The molecule has 0 unspecified atom stereocenters. The number of nitrogens with zero attached hydrogens (tertiary/aromatic N) is 1. The van der Waals surface area contributed by atoms with Gasteiger partial charge in [-0.1, -0.05) is 23.2 Å². The van der Waals surface area contributed by atoms with Crippen LogP contribution >= 0.6 is 11.3 Å². The number of rotatable bonds is 2. The lowest BCUT2D eigenvalue weighted by molar-refractivity contribution is 0.622. The summed E-state index contributed by atoms with van der Waals surface area (Å²) in [6, 6.07) is 4.54. The molecule has 0 amide bonds. The van der Waals surface area contributed by atoms with Gasteiger partial charge in [-0.25, -0.2) is 4.39 Å². The van der Waals surface area contributed by atoms with Crippen LogP contribution in [0.2, 0.25) is 0 Å². The number of hydrogen-bond acceptors (Lipinski definition) is 3. The van der Waals surface area contributed by atoms with Crippen molar-refractivity contribution >= 4 is 11.3 Å². The van der Waals surface area contributed by atoms with E-state index < -0.39 is 0 Å². The topological polar surface area (TPSA) is 48.0 Å². The first-order chi connectivity index (χ1) is 9.10. The van der Waals surface area contributed by atoms with Gasteiger partial charge in [-0.15, -0.1) is 0 Å². The van der Waals surface area contributed by atoms with Crippen LogP contribution in [0.1, 0.15) is 16.8 Å². The highest BCUT2D eigenvalue weighted by atomic mass is 32.1. The molecule has 0 fully saturated rings. The van der Waals surface area contributed by atoms with Gasteiger partial charge in [-0.05, 0) is 30.7 Å². The highest BCUT2D eigenvalue weighted by molar-refractivity contribution is 7.07. The molecular formula is C14H13FN2OS. The fraction of sp³-hybridized carbons (Fsp3) is 0.214. The zero-order valence-corrected chi connectivity index (χ0v) is 11.3. The molecule has 0 saturated carbocycles. The minimum atomic E-state index is -0.361. The number of hydrogen-bond donors (Lipinski definition) is 1. The SMILES string of the molecule is Cc1csc(=O)n1Cc1cc(F)cc(C#CCN)c1. The summed E-state index contributed by atoms with van der Waals surface area (Å²) in [6.07, 6.45) is 0. The molecular weight excluding hydrogens is 263 g/mol. The van der Waals surface area contributed by atoms with Crippen molar-refractivity contribution in [3.8, 4) is 11.8 Å². The molecule has 1 heterocycles. The summed E-state index contributed by atoms with van der Waals surface area (Å²) in [5, 5.41) is 1.79. The summed E-state index contributed by atoms with van der Waals surface area (Å²) in [4.78, 5) is 11.6. The standard InChI is InChI=1S/C14H13FN2OS/c1-10-9-19-14(18)17(10)8-12-5-11(3-2-4-16)6-13(15)7-12/h5-7,9H,4,8,16H2,1H3. The lowest BCUT2D eigenvalue weighted by Crippen LogP contribution is -2.15. The minimum Gasteiger partial charge on any atom is -0.320 e. The number of benzene rings is 1. The molecule has 3 nitrogen and oxygen atoms in total. The monoisotopic (exact) mass is 276 g/mol. The van der Waals surface area contributed by atoms with Crippen molar-refractivity contribution in [2.75, 3.05) is 6.54 Å². The van der Waals surface area contributed by atoms with Crippen LogP contribution in [0.15, 0.2) is 28.4 Å². The zero-order chi connectivity index (χ0) is 13.8. The average molecular weight is 276 g/mol. The first-order valence-electron chi connectivity index (χ1n) is 5.73. The Balaban J connectivity index is 2.35. The Morgan fingerprint density at radius 3 is 2.84 bits per heavy atom. The van der Waals surface area contributed by atoms with Crippen LogP contribution in [0, 0.1) is 24.6 Å². The molecule has 0 aliphatic carbocycles. The van der Waals surface area contributed by atoms with Crippen molar-refractivity contribution in [2.24, 2.45) is 5.73 Å². The predicted molar refractivity (Wildman–Crippen MR) is 74.8 cm³/mol. The van der Waals surface area contributed by atoms with Crippen molar-refractivity contribution in [3.63, 3.8) is 0 Å². The number of aromatic nitrogens is 1. The molecule has 0 radical (unpaired) electrons. The van der Waals surface area contributed by atoms with Gasteiger partial charge in [-0.3, -0.25) is 9.36 Å². The lowest BCUT2D eigenvalue weighted by Gasteiger charge is -2.05. The zero-order valence-electron chi connectivity index (χ0n) is 10.4. The third kappa shape index (κ3) is 3.31. The van der Waals surface area contributed by atoms with E-state index in [0.29, 0.717) is 17.7 Å². The lowest BCUT2D eigenvalue weighted by atomic mass is 10.1. The van der Waals surface area contributed by atoms with Crippen molar-refractivity contribution in [3.05, 3.63) is 55.9 Å². The van der Waals surface area contributed by atoms with E-state index in [-0.39, 0.29) is 17.2 Å². The van der Waals surface area contributed by atoms with Gasteiger partial charge in [0.2, 0.25) is 0 Å². The Morgan fingerprint density at radius 1 is 1.42 bits per heavy atom. The molecule has 2 N–H and O–H groups in total. The summed E-state index contributed by atoms with van der Waals surface area (Å²) < 4.78 is 15.1. The summed E-state index contributed by atoms with van der Waals surface area (Å²) in [7, 11) is 0. The Kier molecular flexibility index (Phi) is 4.15. The van der Waals surface area contributed by atoms with Gasteiger partial charge in [0.15, 0.2) is 0 Å². The summed E-state index contributed by atoms with van der Waals surface area (Å²) in [5.41, 5.74) is 7.44. The van der Waals surface area contributed by atoms with Gasteiger partial charge < -0.3 is 5.73 Å². The first-order valence-corrected chi connectivity index (χ1v) is 6.61. The van der Waals surface area contributed by atoms with Gasteiger partial charge in [0.25, 0.3) is 0 Å². The third-order valence-electron chi connectivity index (χ3n) is 2.61. The second-order valence-corrected chi connectivity index (χ2v) is 4.90. The van der Waals surface area contributed by atoms with Gasteiger partial charge in [0, 0.05) is 16.6 Å². The van der Waals surface area contributed by atoms with E-state index in [9.17, 15) is 9.18 Å².